The van der Waals surface area contributed by atoms with E-state index in [1.54, 1.807) is 35.4 Å². The third kappa shape index (κ3) is 5.04. The number of fused-ring (bicyclic) bond motifs is 1. The van der Waals surface area contributed by atoms with Crippen molar-refractivity contribution in [1.29, 1.82) is 0 Å². The van der Waals surface area contributed by atoms with E-state index in [4.69, 9.17) is 11.6 Å². The van der Waals surface area contributed by atoms with E-state index < -0.39 is 11.5 Å². The molecule has 0 aliphatic carbocycles. The fraction of sp³-hybridized carbons (Fsp3) is 0.333. The summed E-state index contributed by atoms with van der Waals surface area (Å²) in [5.41, 5.74) is 2.67. The normalized spacial score (nSPS) is 14.4. The molecule has 1 aromatic carbocycles. The quantitative estimate of drug-likeness (QED) is 0.376. The highest BCUT2D eigenvalue weighted by Gasteiger charge is 2.37. The van der Waals surface area contributed by atoms with Crippen molar-refractivity contribution in [2.24, 2.45) is 5.41 Å². The first-order chi connectivity index (χ1) is 18.1. The number of likely N-dealkylation sites (tertiary alicyclic amines) is 1. The minimum Gasteiger partial charge on any atom is -0.348 e. The molecular weight excluding hydrogens is 506 g/mol. The van der Waals surface area contributed by atoms with Gasteiger partial charge in [0.25, 0.3) is 11.5 Å². The summed E-state index contributed by atoms with van der Waals surface area (Å²) in [6.45, 7) is 7.38. The predicted molar refractivity (Wildman–Crippen MR) is 144 cm³/mol. The van der Waals surface area contributed by atoms with Crippen molar-refractivity contribution in [1.82, 2.24) is 35.2 Å². The molecule has 196 valence electrons. The monoisotopic (exact) mass is 533 g/mol. The number of carbonyl (C=O) groups is 2. The van der Waals surface area contributed by atoms with Crippen molar-refractivity contribution in [3.8, 4) is 11.3 Å². The van der Waals surface area contributed by atoms with Gasteiger partial charge in [-0.25, -0.2) is 4.98 Å². The largest absolute Gasteiger partial charge is 0.348 e. The Bertz CT molecular complexity index is 1580. The smallest absolute Gasteiger partial charge is 0.265 e. The van der Waals surface area contributed by atoms with Crippen molar-refractivity contribution in [2.75, 3.05) is 13.1 Å². The molecule has 0 unspecified atom stereocenters. The Balaban J connectivity index is 1.53. The van der Waals surface area contributed by atoms with Crippen LogP contribution in [0.25, 0.3) is 22.3 Å². The van der Waals surface area contributed by atoms with Gasteiger partial charge in [-0.05, 0) is 41.7 Å². The van der Waals surface area contributed by atoms with Crippen LogP contribution in [-0.2, 0) is 24.3 Å². The number of aryl methyl sites for hydroxylation is 1. The van der Waals surface area contributed by atoms with Gasteiger partial charge in [-0.15, -0.1) is 0 Å². The highest BCUT2D eigenvalue weighted by Crippen LogP contribution is 2.29. The van der Waals surface area contributed by atoms with Crippen molar-refractivity contribution < 1.29 is 9.59 Å². The van der Waals surface area contributed by atoms with Gasteiger partial charge in [-0.1, -0.05) is 44.5 Å². The molecule has 5 rings (SSSR count). The Kier molecular flexibility index (Phi) is 6.75. The van der Waals surface area contributed by atoms with Gasteiger partial charge in [0.05, 0.1) is 5.69 Å². The molecule has 0 bridgehead atoms. The second-order valence-corrected chi connectivity index (χ2v) is 10.7. The molecule has 4 heterocycles. The van der Waals surface area contributed by atoms with Crippen LogP contribution in [0.2, 0.25) is 5.02 Å². The Morgan fingerprint density at radius 2 is 1.87 bits per heavy atom. The first kappa shape index (κ1) is 25.6. The van der Waals surface area contributed by atoms with Gasteiger partial charge in [-0.2, -0.15) is 15.4 Å². The lowest BCUT2D eigenvalue weighted by Crippen LogP contribution is -2.56. The topological polar surface area (TPSA) is 126 Å². The number of hydrogen-bond donors (Lipinski definition) is 2. The van der Waals surface area contributed by atoms with Gasteiger partial charge in [-0.3, -0.25) is 19.0 Å². The van der Waals surface area contributed by atoms with Gasteiger partial charge >= 0.3 is 0 Å². The van der Waals surface area contributed by atoms with E-state index in [-0.39, 0.29) is 30.0 Å². The summed E-state index contributed by atoms with van der Waals surface area (Å²) < 4.78 is 1.29. The highest BCUT2D eigenvalue weighted by atomic mass is 35.5. The number of H-pyrrole nitrogens is 1. The summed E-state index contributed by atoms with van der Waals surface area (Å²) >= 11 is 5.95. The number of hydrogen-bond acceptors (Lipinski definition) is 6. The summed E-state index contributed by atoms with van der Waals surface area (Å²) in [5.74, 6) is -0.735. The molecule has 2 N–H and O–H groups in total. The van der Waals surface area contributed by atoms with E-state index in [9.17, 15) is 14.4 Å². The van der Waals surface area contributed by atoms with Gasteiger partial charge < -0.3 is 10.2 Å². The highest BCUT2D eigenvalue weighted by molar-refractivity contribution is 6.30. The Morgan fingerprint density at radius 3 is 2.55 bits per heavy atom. The van der Waals surface area contributed by atoms with Gasteiger partial charge in [0, 0.05) is 41.8 Å². The third-order valence-electron chi connectivity index (χ3n) is 6.65. The Labute approximate surface area is 224 Å². The zero-order valence-corrected chi connectivity index (χ0v) is 22.2. The molecule has 0 saturated carbocycles. The van der Waals surface area contributed by atoms with Crippen molar-refractivity contribution in [3.05, 3.63) is 74.8 Å². The Hall–Kier alpha value is -4.05. The molecule has 38 heavy (non-hydrogen) atoms. The third-order valence-corrected chi connectivity index (χ3v) is 6.90. The van der Waals surface area contributed by atoms with Crippen LogP contribution in [0.1, 0.15) is 42.4 Å². The zero-order valence-electron chi connectivity index (χ0n) is 21.4. The summed E-state index contributed by atoms with van der Waals surface area (Å²) in [6, 6.07) is 10.4. The van der Waals surface area contributed by atoms with Crippen molar-refractivity contribution >= 4 is 34.4 Å². The average Bonchev–Trinajstić information content (AvgIpc) is 3.37. The van der Waals surface area contributed by atoms with E-state index in [1.807, 2.05) is 13.0 Å². The summed E-state index contributed by atoms with van der Waals surface area (Å²) in [4.78, 5) is 46.0. The average molecular weight is 534 g/mol. The van der Waals surface area contributed by atoms with Crippen LogP contribution in [0, 0.1) is 5.41 Å². The summed E-state index contributed by atoms with van der Waals surface area (Å²) in [7, 11) is 0. The number of aromatic amines is 1. The van der Waals surface area contributed by atoms with E-state index in [2.05, 4.69) is 39.6 Å². The maximum atomic E-state index is 13.5. The number of halogens is 1. The molecular formula is C27H28ClN7O3. The van der Waals surface area contributed by atoms with Crippen LogP contribution in [-0.4, -0.2) is 54.8 Å². The standard InChI is InChI=1S/C27H28ClN7O3/c1-4-21-23(32-33-31-21)18-9-17-10-20(25(37)30-11-16-5-7-19(28)8-6-16)26(38)35(24(17)29-12-18)13-22(36)34-14-27(2,3)15-34/h5-10,12H,4,11,13-15H2,1-3H3,(H,30,37)(H,31,32,33). The van der Waals surface area contributed by atoms with E-state index in [1.165, 1.54) is 10.6 Å². The van der Waals surface area contributed by atoms with E-state index in [0.717, 1.165) is 11.3 Å². The maximum Gasteiger partial charge on any atom is 0.265 e. The molecule has 3 aromatic heterocycles. The second kappa shape index (κ2) is 10.0. The fourth-order valence-corrected chi connectivity index (χ4v) is 4.84. The number of nitrogens with zero attached hydrogens (tertiary/aromatic N) is 5. The Morgan fingerprint density at radius 1 is 1.13 bits per heavy atom. The minimum atomic E-state index is -0.574. The fourth-order valence-electron chi connectivity index (χ4n) is 4.71. The molecule has 2 amide bonds. The SMILES string of the molecule is CCc1n[nH]nc1-c1cnc2c(c1)cc(C(=O)NCc1ccc(Cl)cc1)c(=O)n2CC(=O)N1CC(C)(C)C1. The number of nitrogens with one attached hydrogen (secondary N) is 2. The molecule has 10 nitrogen and oxygen atoms in total. The van der Waals surface area contributed by atoms with Gasteiger partial charge in [0.2, 0.25) is 5.91 Å². The zero-order chi connectivity index (χ0) is 27.0. The van der Waals surface area contributed by atoms with E-state index in [0.29, 0.717) is 46.8 Å². The molecule has 1 aliphatic rings. The van der Waals surface area contributed by atoms with Gasteiger partial charge in [0.15, 0.2) is 0 Å². The molecule has 0 radical (unpaired) electrons. The predicted octanol–water partition coefficient (Wildman–Crippen LogP) is 3.20. The molecule has 1 saturated heterocycles. The van der Waals surface area contributed by atoms with Crippen LogP contribution in [0.4, 0.5) is 0 Å². The second-order valence-electron chi connectivity index (χ2n) is 10.3. The lowest BCUT2D eigenvalue weighted by molar-refractivity contribution is -0.142. The van der Waals surface area contributed by atoms with Crippen molar-refractivity contribution in [3.63, 3.8) is 0 Å². The summed E-state index contributed by atoms with van der Waals surface area (Å²) in [5, 5.41) is 15.0. The molecule has 4 aromatic rings. The minimum absolute atomic E-state index is 0.0494. The van der Waals surface area contributed by atoms with Crippen LogP contribution < -0.4 is 10.9 Å². The molecule has 0 atom stereocenters. The first-order valence-electron chi connectivity index (χ1n) is 12.4. The first-order valence-corrected chi connectivity index (χ1v) is 12.8. The number of amides is 2. The number of benzene rings is 1. The lowest BCUT2D eigenvalue weighted by atomic mass is 9.84. The van der Waals surface area contributed by atoms with Crippen molar-refractivity contribution in [2.45, 2.75) is 40.3 Å². The lowest BCUT2D eigenvalue weighted by Gasteiger charge is -2.45. The van der Waals surface area contributed by atoms with Gasteiger partial charge in [0.1, 0.15) is 23.4 Å². The van der Waals surface area contributed by atoms with E-state index >= 15 is 0 Å². The number of pyridine rings is 2. The molecule has 1 aliphatic heterocycles. The molecule has 1 fully saturated rings. The van der Waals surface area contributed by atoms with Crippen LogP contribution >= 0.6 is 11.6 Å². The van der Waals surface area contributed by atoms with Crippen LogP contribution in [0.5, 0.6) is 0 Å². The van der Waals surface area contributed by atoms with Crippen LogP contribution in [0.3, 0.4) is 0 Å². The number of aromatic nitrogens is 5. The number of carbonyl (C=O) groups excluding carboxylic acids is 2. The number of rotatable bonds is 7. The maximum absolute atomic E-state index is 13.5. The molecule has 11 heteroatoms. The molecule has 0 spiro atoms. The van der Waals surface area contributed by atoms with Crippen LogP contribution in [0.15, 0.2) is 47.4 Å². The summed E-state index contributed by atoms with van der Waals surface area (Å²) in [6.07, 6.45) is 2.27.